The quantitative estimate of drug-likeness (QED) is 0.581. The van der Waals surface area contributed by atoms with E-state index in [-0.39, 0.29) is 12.5 Å². The van der Waals surface area contributed by atoms with Gasteiger partial charge in [-0.25, -0.2) is 4.98 Å². The molecule has 1 aromatic heterocycles. The van der Waals surface area contributed by atoms with Crippen LogP contribution < -0.4 is 14.8 Å². The van der Waals surface area contributed by atoms with Crippen LogP contribution in [0.2, 0.25) is 0 Å². The number of alkyl halides is 3. The van der Waals surface area contributed by atoms with Crippen LogP contribution in [0, 0.1) is 0 Å². The number of rotatable bonds is 5. The number of aliphatic imine (C=N–C) groups is 1. The van der Waals surface area contributed by atoms with Crippen molar-refractivity contribution in [3.05, 3.63) is 39.8 Å². The minimum Gasteiger partial charge on any atom is -0.497 e. The van der Waals surface area contributed by atoms with Gasteiger partial charge in [-0.2, -0.15) is 13.2 Å². The van der Waals surface area contributed by atoms with Crippen molar-refractivity contribution in [1.29, 1.82) is 0 Å². The normalized spacial score (nSPS) is 17.5. The fourth-order valence-corrected chi connectivity index (χ4v) is 4.04. The highest BCUT2D eigenvalue weighted by atomic mass is 32.1. The Labute approximate surface area is 171 Å². The molecular weight excluding hydrogens is 405 g/mol. The van der Waals surface area contributed by atoms with E-state index in [9.17, 15) is 13.2 Å². The molecule has 0 amide bonds. The average molecular weight is 428 g/mol. The molecule has 0 spiro atoms. The SMILES string of the molecule is CN=C(NCc1nc(C(F)(F)F)cs1)N1CCC(c2cc(OC)cc(OC)c2)C1. The number of hydrogen-bond acceptors (Lipinski definition) is 5. The Hall–Kier alpha value is -2.49. The lowest BCUT2D eigenvalue weighted by molar-refractivity contribution is -0.140. The molecule has 1 aliphatic rings. The first kappa shape index (κ1) is 21.2. The molecule has 1 fully saturated rings. The van der Waals surface area contributed by atoms with Crippen molar-refractivity contribution in [3.8, 4) is 11.5 Å². The van der Waals surface area contributed by atoms with Crippen LogP contribution in [0.1, 0.15) is 28.6 Å². The van der Waals surface area contributed by atoms with Gasteiger partial charge in [0, 0.05) is 37.5 Å². The van der Waals surface area contributed by atoms with E-state index in [0.717, 1.165) is 53.3 Å². The molecule has 1 atom stereocenters. The Morgan fingerprint density at radius 2 is 1.97 bits per heavy atom. The van der Waals surface area contributed by atoms with Crippen LogP contribution in [0.25, 0.3) is 0 Å². The van der Waals surface area contributed by atoms with Gasteiger partial charge in [-0.15, -0.1) is 11.3 Å². The lowest BCUT2D eigenvalue weighted by Crippen LogP contribution is -2.39. The van der Waals surface area contributed by atoms with Crippen LogP contribution in [0.15, 0.2) is 28.6 Å². The summed E-state index contributed by atoms with van der Waals surface area (Å²) in [6, 6.07) is 5.84. The maximum Gasteiger partial charge on any atom is 0.434 e. The van der Waals surface area contributed by atoms with Crippen molar-refractivity contribution in [2.75, 3.05) is 34.4 Å². The average Bonchev–Trinajstić information content (AvgIpc) is 3.38. The number of likely N-dealkylation sites (tertiary alicyclic amines) is 1. The Morgan fingerprint density at radius 1 is 1.28 bits per heavy atom. The van der Waals surface area contributed by atoms with Gasteiger partial charge in [-0.3, -0.25) is 4.99 Å². The number of hydrogen-bond donors (Lipinski definition) is 1. The van der Waals surface area contributed by atoms with E-state index in [0.29, 0.717) is 11.0 Å². The second kappa shape index (κ2) is 8.89. The first-order chi connectivity index (χ1) is 13.8. The summed E-state index contributed by atoms with van der Waals surface area (Å²) in [5.41, 5.74) is 0.261. The summed E-state index contributed by atoms with van der Waals surface area (Å²) in [5, 5.41) is 4.51. The van der Waals surface area contributed by atoms with Crippen molar-refractivity contribution in [1.82, 2.24) is 15.2 Å². The topological polar surface area (TPSA) is 59.0 Å². The van der Waals surface area contributed by atoms with Gasteiger partial charge in [-0.1, -0.05) is 0 Å². The van der Waals surface area contributed by atoms with Crippen molar-refractivity contribution in [3.63, 3.8) is 0 Å². The van der Waals surface area contributed by atoms with Gasteiger partial charge in [0.25, 0.3) is 0 Å². The Kier molecular flexibility index (Phi) is 6.51. The first-order valence-electron chi connectivity index (χ1n) is 9.04. The predicted molar refractivity (Wildman–Crippen MR) is 106 cm³/mol. The molecule has 1 saturated heterocycles. The highest BCUT2D eigenvalue weighted by molar-refractivity contribution is 7.09. The largest absolute Gasteiger partial charge is 0.497 e. The van der Waals surface area contributed by atoms with Gasteiger partial charge in [0.2, 0.25) is 0 Å². The monoisotopic (exact) mass is 428 g/mol. The summed E-state index contributed by atoms with van der Waals surface area (Å²) in [7, 11) is 4.90. The third kappa shape index (κ3) is 5.11. The Balaban J connectivity index is 1.63. The van der Waals surface area contributed by atoms with E-state index in [1.54, 1.807) is 21.3 Å². The number of nitrogens with one attached hydrogen (secondary N) is 1. The number of guanidine groups is 1. The number of nitrogens with zero attached hydrogens (tertiary/aromatic N) is 3. The van der Waals surface area contributed by atoms with Crippen LogP contribution in [-0.2, 0) is 12.7 Å². The fourth-order valence-electron chi connectivity index (χ4n) is 3.30. The Morgan fingerprint density at radius 3 is 2.52 bits per heavy atom. The molecule has 1 N–H and O–H groups in total. The van der Waals surface area contributed by atoms with Crippen LogP contribution in [-0.4, -0.2) is 50.2 Å². The molecule has 10 heteroatoms. The standard InChI is InChI=1S/C19H23F3N4O2S/c1-23-18(24-9-17-25-16(11-29-17)19(20,21)22)26-5-4-12(10-26)13-6-14(27-2)8-15(7-13)28-3/h6-8,11-12H,4-5,9-10H2,1-3H3,(H,23,24). The summed E-state index contributed by atoms with van der Waals surface area (Å²) in [6.07, 6.45) is -3.50. The molecule has 1 aromatic carbocycles. The minimum absolute atomic E-state index is 0.196. The second-order valence-corrected chi connectivity index (χ2v) is 7.55. The molecule has 6 nitrogen and oxygen atoms in total. The second-order valence-electron chi connectivity index (χ2n) is 6.60. The number of methoxy groups -OCH3 is 2. The number of halogens is 3. The van der Waals surface area contributed by atoms with E-state index in [1.807, 2.05) is 18.2 Å². The predicted octanol–water partition coefficient (Wildman–Crippen LogP) is 3.74. The lowest BCUT2D eigenvalue weighted by Gasteiger charge is -2.21. The van der Waals surface area contributed by atoms with E-state index >= 15 is 0 Å². The van der Waals surface area contributed by atoms with Gasteiger partial charge in [0.05, 0.1) is 20.8 Å². The van der Waals surface area contributed by atoms with E-state index in [2.05, 4.69) is 20.2 Å². The van der Waals surface area contributed by atoms with Gasteiger partial charge in [0.15, 0.2) is 11.7 Å². The maximum absolute atomic E-state index is 12.7. The minimum atomic E-state index is -4.42. The van der Waals surface area contributed by atoms with Crippen molar-refractivity contribution in [2.24, 2.45) is 4.99 Å². The van der Waals surface area contributed by atoms with Crippen LogP contribution in [0.5, 0.6) is 11.5 Å². The van der Waals surface area contributed by atoms with Crippen molar-refractivity contribution in [2.45, 2.75) is 25.1 Å². The molecule has 29 heavy (non-hydrogen) atoms. The molecule has 0 bridgehead atoms. The van der Waals surface area contributed by atoms with Crippen molar-refractivity contribution < 1.29 is 22.6 Å². The van der Waals surface area contributed by atoms with Crippen LogP contribution in [0.4, 0.5) is 13.2 Å². The highest BCUT2D eigenvalue weighted by Gasteiger charge is 2.33. The molecule has 0 aliphatic carbocycles. The van der Waals surface area contributed by atoms with Crippen molar-refractivity contribution >= 4 is 17.3 Å². The maximum atomic E-state index is 12.7. The van der Waals surface area contributed by atoms with Gasteiger partial charge in [0.1, 0.15) is 16.5 Å². The third-order valence-electron chi connectivity index (χ3n) is 4.78. The summed E-state index contributed by atoms with van der Waals surface area (Å²) >= 11 is 0.982. The zero-order chi connectivity index (χ0) is 21.0. The molecule has 1 unspecified atom stereocenters. The van der Waals surface area contributed by atoms with Crippen LogP contribution >= 0.6 is 11.3 Å². The summed E-state index contributed by atoms with van der Waals surface area (Å²) < 4.78 is 48.8. The molecule has 0 saturated carbocycles. The van der Waals surface area contributed by atoms with Gasteiger partial charge < -0.3 is 19.7 Å². The number of ether oxygens (including phenoxy) is 2. The number of aromatic nitrogens is 1. The molecule has 2 aromatic rings. The molecule has 0 radical (unpaired) electrons. The zero-order valence-electron chi connectivity index (χ0n) is 16.4. The molecule has 1 aliphatic heterocycles. The molecular formula is C19H23F3N4O2S. The Bertz CT molecular complexity index is 847. The van der Waals surface area contributed by atoms with E-state index < -0.39 is 11.9 Å². The number of benzene rings is 1. The lowest BCUT2D eigenvalue weighted by atomic mass is 9.98. The molecule has 2 heterocycles. The molecule has 3 rings (SSSR count). The molecule has 158 valence electrons. The third-order valence-corrected chi connectivity index (χ3v) is 5.63. The summed E-state index contributed by atoms with van der Waals surface area (Å²) in [6.45, 7) is 1.72. The summed E-state index contributed by atoms with van der Waals surface area (Å²) in [4.78, 5) is 10.0. The smallest absolute Gasteiger partial charge is 0.434 e. The summed E-state index contributed by atoms with van der Waals surface area (Å²) in [5.74, 6) is 2.40. The fraction of sp³-hybridized carbons (Fsp3) is 0.474. The van der Waals surface area contributed by atoms with Gasteiger partial charge >= 0.3 is 6.18 Å². The van der Waals surface area contributed by atoms with Crippen LogP contribution in [0.3, 0.4) is 0 Å². The highest BCUT2D eigenvalue weighted by Crippen LogP contribution is 2.33. The van der Waals surface area contributed by atoms with Gasteiger partial charge in [-0.05, 0) is 24.1 Å². The number of thiazole rings is 1. The zero-order valence-corrected chi connectivity index (χ0v) is 17.2. The van der Waals surface area contributed by atoms with E-state index in [4.69, 9.17) is 9.47 Å². The first-order valence-corrected chi connectivity index (χ1v) is 9.92. The van der Waals surface area contributed by atoms with E-state index in [1.165, 1.54) is 0 Å².